The molecule has 1 saturated heterocycles. The molecule has 0 aliphatic carbocycles. The molecule has 174 valence electrons. The molecule has 5 heteroatoms. The molecular weight excluding hydrogens is 424 g/mol. The van der Waals surface area contributed by atoms with Gasteiger partial charge in [-0.05, 0) is 48.2 Å². The van der Waals surface area contributed by atoms with Gasteiger partial charge in [0.25, 0.3) is 0 Å². The maximum atomic E-state index is 9.89. The number of nitrogens with zero attached hydrogens (tertiary/aromatic N) is 2. The van der Waals surface area contributed by atoms with Gasteiger partial charge in [-0.25, -0.2) is 0 Å². The predicted molar refractivity (Wildman–Crippen MR) is 136 cm³/mol. The van der Waals surface area contributed by atoms with E-state index in [2.05, 4.69) is 11.0 Å². The lowest BCUT2D eigenvalue weighted by molar-refractivity contribution is 0.151. The molecule has 0 unspecified atom stereocenters. The monoisotopic (exact) mass is 454 g/mol. The van der Waals surface area contributed by atoms with E-state index in [1.54, 1.807) is 14.2 Å². The van der Waals surface area contributed by atoms with Gasteiger partial charge < -0.3 is 14.6 Å². The minimum atomic E-state index is 0.161. The summed E-state index contributed by atoms with van der Waals surface area (Å²) in [5.41, 5.74) is 5.33. The van der Waals surface area contributed by atoms with Crippen LogP contribution in [0.1, 0.15) is 35.1 Å². The van der Waals surface area contributed by atoms with Crippen molar-refractivity contribution in [1.82, 2.24) is 4.90 Å². The average Bonchev–Trinajstić information content (AvgIpc) is 3.35. The van der Waals surface area contributed by atoms with E-state index < -0.39 is 0 Å². The Morgan fingerprint density at radius 1 is 1.03 bits per heavy atom. The van der Waals surface area contributed by atoms with Crippen molar-refractivity contribution < 1.29 is 14.6 Å². The zero-order valence-electron chi connectivity index (χ0n) is 19.7. The number of aliphatic hydroxyl groups excluding tert-OH is 1. The summed E-state index contributed by atoms with van der Waals surface area (Å²) in [4.78, 5) is 2.28. The number of benzene rings is 3. The van der Waals surface area contributed by atoms with Crippen molar-refractivity contribution >= 4 is 12.2 Å². The van der Waals surface area contributed by atoms with Crippen LogP contribution < -0.4 is 9.47 Å². The molecule has 1 N–H and O–H groups in total. The molecular formula is C29H30N2O3. The number of nitriles is 1. The molecule has 0 amide bonds. The summed E-state index contributed by atoms with van der Waals surface area (Å²) >= 11 is 0. The van der Waals surface area contributed by atoms with Crippen LogP contribution in [-0.4, -0.2) is 43.4 Å². The number of aliphatic hydroxyl groups is 1. The Hall–Kier alpha value is -3.59. The van der Waals surface area contributed by atoms with Crippen LogP contribution in [0.15, 0.2) is 60.7 Å². The second kappa shape index (κ2) is 11.0. The Morgan fingerprint density at radius 3 is 2.41 bits per heavy atom. The zero-order chi connectivity index (χ0) is 23.9. The first-order valence-electron chi connectivity index (χ1n) is 11.5. The topological polar surface area (TPSA) is 65.7 Å². The Labute approximate surface area is 201 Å². The van der Waals surface area contributed by atoms with E-state index in [1.165, 1.54) is 0 Å². The van der Waals surface area contributed by atoms with E-state index >= 15 is 0 Å². The normalized spacial score (nSPS) is 16.0. The highest BCUT2D eigenvalue weighted by molar-refractivity contribution is 5.80. The van der Waals surface area contributed by atoms with Gasteiger partial charge in [0.05, 0.1) is 32.0 Å². The predicted octanol–water partition coefficient (Wildman–Crippen LogP) is 5.37. The van der Waals surface area contributed by atoms with Gasteiger partial charge >= 0.3 is 0 Å². The van der Waals surface area contributed by atoms with Gasteiger partial charge in [0.2, 0.25) is 0 Å². The van der Waals surface area contributed by atoms with Gasteiger partial charge in [0.1, 0.15) is 17.6 Å². The van der Waals surface area contributed by atoms with Crippen molar-refractivity contribution in [3.63, 3.8) is 0 Å². The third kappa shape index (κ3) is 4.99. The van der Waals surface area contributed by atoms with E-state index in [9.17, 15) is 10.4 Å². The van der Waals surface area contributed by atoms with Crippen LogP contribution >= 0.6 is 0 Å². The van der Waals surface area contributed by atoms with Crippen molar-refractivity contribution in [3.8, 4) is 28.7 Å². The maximum absolute atomic E-state index is 9.89. The summed E-state index contributed by atoms with van der Waals surface area (Å²) in [6.45, 7) is 1.78. The lowest BCUT2D eigenvalue weighted by Gasteiger charge is -2.25. The molecule has 1 atom stereocenters. The Kier molecular flexibility index (Phi) is 7.64. The van der Waals surface area contributed by atoms with Crippen LogP contribution in [0, 0.1) is 11.3 Å². The third-order valence-electron chi connectivity index (χ3n) is 6.45. The molecule has 34 heavy (non-hydrogen) atoms. The SMILES string of the molecule is COc1cc(/C=C/c2cccc(-c3ccccc3)c2C#N)cc(OC)c1CN1CCC[C@H]1CO. The first kappa shape index (κ1) is 23.6. The fourth-order valence-corrected chi connectivity index (χ4v) is 4.65. The maximum Gasteiger partial charge on any atom is 0.127 e. The van der Waals surface area contributed by atoms with Gasteiger partial charge in [-0.2, -0.15) is 5.26 Å². The average molecular weight is 455 g/mol. The molecule has 1 aliphatic heterocycles. The molecule has 3 aromatic carbocycles. The van der Waals surface area contributed by atoms with Crippen LogP contribution in [0.2, 0.25) is 0 Å². The Bertz CT molecular complexity index is 1170. The van der Waals surface area contributed by atoms with Crippen LogP contribution in [0.3, 0.4) is 0 Å². The number of hydrogen-bond acceptors (Lipinski definition) is 5. The minimum absolute atomic E-state index is 0.161. The lowest BCUT2D eigenvalue weighted by atomic mass is 9.95. The number of rotatable bonds is 8. The molecule has 1 aliphatic rings. The van der Waals surface area contributed by atoms with E-state index in [-0.39, 0.29) is 12.6 Å². The highest BCUT2D eigenvalue weighted by Crippen LogP contribution is 2.35. The third-order valence-corrected chi connectivity index (χ3v) is 6.45. The van der Waals surface area contributed by atoms with Gasteiger partial charge in [0.15, 0.2) is 0 Å². The van der Waals surface area contributed by atoms with Gasteiger partial charge in [-0.1, -0.05) is 60.7 Å². The zero-order valence-corrected chi connectivity index (χ0v) is 19.7. The summed E-state index contributed by atoms with van der Waals surface area (Å²) in [6, 6.07) is 22.4. The number of likely N-dealkylation sites (tertiary alicyclic amines) is 1. The summed E-state index contributed by atoms with van der Waals surface area (Å²) in [5.74, 6) is 1.50. The molecule has 3 aromatic rings. The van der Waals surface area contributed by atoms with Crippen molar-refractivity contribution in [2.45, 2.75) is 25.4 Å². The van der Waals surface area contributed by atoms with Gasteiger partial charge in [-0.3, -0.25) is 4.90 Å². The van der Waals surface area contributed by atoms with Crippen molar-refractivity contribution in [3.05, 3.63) is 82.9 Å². The molecule has 5 nitrogen and oxygen atoms in total. The largest absolute Gasteiger partial charge is 0.496 e. The molecule has 0 bridgehead atoms. The molecule has 1 fully saturated rings. The summed E-state index contributed by atoms with van der Waals surface area (Å²) in [5, 5.41) is 19.6. The molecule has 0 spiro atoms. The van der Waals surface area contributed by atoms with E-state index in [4.69, 9.17) is 9.47 Å². The molecule has 4 rings (SSSR count). The van der Waals surface area contributed by atoms with E-state index in [1.807, 2.05) is 72.8 Å². The fourth-order valence-electron chi connectivity index (χ4n) is 4.65. The Balaban J connectivity index is 1.66. The van der Waals surface area contributed by atoms with Gasteiger partial charge in [-0.15, -0.1) is 0 Å². The molecule has 1 heterocycles. The second-order valence-electron chi connectivity index (χ2n) is 8.43. The van der Waals surface area contributed by atoms with Crippen LogP contribution in [0.4, 0.5) is 0 Å². The summed E-state index contributed by atoms with van der Waals surface area (Å²) in [7, 11) is 3.33. The highest BCUT2D eigenvalue weighted by Gasteiger charge is 2.26. The summed E-state index contributed by atoms with van der Waals surface area (Å²) < 4.78 is 11.5. The second-order valence-corrected chi connectivity index (χ2v) is 8.43. The molecule has 0 aromatic heterocycles. The smallest absolute Gasteiger partial charge is 0.127 e. The van der Waals surface area contributed by atoms with Crippen molar-refractivity contribution in [1.29, 1.82) is 5.26 Å². The first-order valence-corrected chi connectivity index (χ1v) is 11.5. The van der Waals surface area contributed by atoms with E-state index in [0.29, 0.717) is 12.1 Å². The number of hydrogen-bond donors (Lipinski definition) is 1. The van der Waals surface area contributed by atoms with Crippen LogP contribution in [0.25, 0.3) is 23.3 Å². The Morgan fingerprint density at radius 2 is 1.76 bits per heavy atom. The van der Waals surface area contributed by atoms with Gasteiger partial charge in [0, 0.05) is 18.2 Å². The quantitative estimate of drug-likeness (QED) is 0.464. The number of ether oxygens (including phenoxy) is 2. The van der Waals surface area contributed by atoms with Crippen LogP contribution in [0.5, 0.6) is 11.5 Å². The van der Waals surface area contributed by atoms with Crippen LogP contribution in [-0.2, 0) is 6.54 Å². The molecule has 0 saturated carbocycles. The molecule has 0 radical (unpaired) electrons. The number of methoxy groups -OCH3 is 2. The van der Waals surface area contributed by atoms with Crippen molar-refractivity contribution in [2.24, 2.45) is 0 Å². The van der Waals surface area contributed by atoms with E-state index in [0.717, 1.165) is 58.7 Å². The fraction of sp³-hybridized carbons (Fsp3) is 0.276. The minimum Gasteiger partial charge on any atom is -0.496 e. The first-order chi connectivity index (χ1) is 16.7. The van der Waals surface area contributed by atoms with Crippen molar-refractivity contribution in [2.75, 3.05) is 27.4 Å². The lowest BCUT2D eigenvalue weighted by Crippen LogP contribution is -2.31. The standard InChI is InChI=1S/C29H30N2O3/c1-33-28-16-21(17-29(34-2)27(28)19-31-15-7-11-24(31)20-32)13-14-23-10-6-12-25(26(23)18-30)22-8-4-3-5-9-22/h3-6,8-10,12-14,16-17,24,32H,7,11,15,19-20H2,1-2H3/b14-13+/t24-/m0/s1. The summed E-state index contributed by atoms with van der Waals surface area (Å²) in [6.07, 6.45) is 6.03. The highest BCUT2D eigenvalue weighted by atomic mass is 16.5.